The van der Waals surface area contributed by atoms with Crippen molar-refractivity contribution in [1.82, 2.24) is 0 Å². The van der Waals surface area contributed by atoms with Crippen LogP contribution in [-0.4, -0.2) is 13.2 Å². The highest BCUT2D eigenvalue weighted by Crippen LogP contribution is 2.54. The van der Waals surface area contributed by atoms with Crippen LogP contribution in [0.5, 0.6) is 0 Å². The first-order chi connectivity index (χ1) is 5.82. The molecule has 2 fully saturated rings. The van der Waals surface area contributed by atoms with E-state index in [4.69, 9.17) is 10.00 Å². The molecular formula is C10H15NO. The Labute approximate surface area is 73.5 Å². The zero-order valence-electron chi connectivity index (χ0n) is 7.55. The maximum atomic E-state index is 9.00. The molecule has 0 aromatic heterocycles. The summed E-state index contributed by atoms with van der Waals surface area (Å²) >= 11 is 0. The van der Waals surface area contributed by atoms with Crippen molar-refractivity contribution in [2.75, 3.05) is 7.11 Å². The summed E-state index contributed by atoms with van der Waals surface area (Å²) < 4.78 is 5.45. The number of hydrogen-bond acceptors (Lipinski definition) is 2. The Morgan fingerprint density at radius 3 is 2.42 bits per heavy atom. The molecule has 0 saturated heterocycles. The summed E-state index contributed by atoms with van der Waals surface area (Å²) in [5.74, 6) is 0.678. The quantitative estimate of drug-likeness (QED) is 0.641. The van der Waals surface area contributed by atoms with E-state index in [1.54, 1.807) is 7.11 Å². The highest BCUT2D eigenvalue weighted by molar-refractivity contribution is 5.16. The van der Waals surface area contributed by atoms with Crippen LogP contribution in [0.2, 0.25) is 0 Å². The number of nitriles is 1. The maximum Gasteiger partial charge on any atom is 0.0838 e. The van der Waals surface area contributed by atoms with Gasteiger partial charge < -0.3 is 4.74 Å². The standard InChI is InChI=1S/C10H15NO/c1-12-9(8-3-2-4-8)10(7-11)5-6-10/h8-9H,2-6H2,1H3. The fourth-order valence-corrected chi connectivity index (χ4v) is 2.21. The second kappa shape index (κ2) is 2.74. The minimum atomic E-state index is -0.0835. The average molecular weight is 165 g/mol. The molecular weight excluding hydrogens is 150 g/mol. The number of rotatable bonds is 3. The molecule has 0 N–H and O–H groups in total. The van der Waals surface area contributed by atoms with Crippen LogP contribution in [0.25, 0.3) is 0 Å². The Kier molecular flexibility index (Phi) is 1.84. The van der Waals surface area contributed by atoms with E-state index in [0.717, 1.165) is 12.8 Å². The Morgan fingerprint density at radius 1 is 1.50 bits per heavy atom. The van der Waals surface area contributed by atoms with Crippen molar-refractivity contribution in [2.24, 2.45) is 11.3 Å². The molecule has 2 saturated carbocycles. The molecule has 0 aliphatic heterocycles. The van der Waals surface area contributed by atoms with Crippen LogP contribution in [-0.2, 0) is 4.74 Å². The van der Waals surface area contributed by atoms with E-state index in [1.165, 1.54) is 19.3 Å². The molecule has 0 amide bonds. The van der Waals surface area contributed by atoms with E-state index in [0.29, 0.717) is 5.92 Å². The van der Waals surface area contributed by atoms with Crippen LogP contribution >= 0.6 is 0 Å². The van der Waals surface area contributed by atoms with Crippen molar-refractivity contribution in [3.63, 3.8) is 0 Å². The summed E-state index contributed by atoms with van der Waals surface area (Å²) in [5.41, 5.74) is -0.0835. The van der Waals surface area contributed by atoms with Crippen molar-refractivity contribution in [3.8, 4) is 6.07 Å². The molecule has 12 heavy (non-hydrogen) atoms. The highest BCUT2D eigenvalue weighted by Gasteiger charge is 2.54. The zero-order valence-corrected chi connectivity index (χ0v) is 7.55. The van der Waals surface area contributed by atoms with Gasteiger partial charge in [-0.1, -0.05) is 6.42 Å². The summed E-state index contributed by atoms with van der Waals surface area (Å²) in [6.07, 6.45) is 6.20. The highest BCUT2D eigenvalue weighted by atomic mass is 16.5. The molecule has 2 heteroatoms. The first kappa shape index (κ1) is 8.07. The minimum Gasteiger partial charge on any atom is -0.380 e. The Bertz CT molecular complexity index is 210. The Hall–Kier alpha value is -0.550. The van der Waals surface area contributed by atoms with Gasteiger partial charge >= 0.3 is 0 Å². The largest absolute Gasteiger partial charge is 0.380 e. The van der Waals surface area contributed by atoms with Crippen LogP contribution in [0.1, 0.15) is 32.1 Å². The smallest absolute Gasteiger partial charge is 0.0838 e. The summed E-state index contributed by atoms with van der Waals surface area (Å²) in [4.78, 5) is 0. The molecule has 0 radical (unpaired) electrons. The third-order valence-electron chi connectivity index (χ3n) is 3.39. The lowest BCUT2D eigenvalue weighted by Gasteiger charge is -2.35. The van der Waals surface area contributed by atoms with E-state index in [1.807, 2.05) is 0 Å². The van der Waals surface area contributed by atoms with Gasteiger partial charge in [-0.3, -0.25) is 0 Å². The maximum absolute atomic E-state index is 9.00. The van der Waals surface area contributed by atoms with Gasteiger partial charge in [-0.05, 0) is 31.6 Å². The van der Waals surface area contributed by atoms with Gasteiger partial charge in [-0.15, -0.1) is 0 Å². The van der Waals surface area contributed by atoms with Gasteiger partial charge in [0, 0.05) is 7.11 Å². The number of nitrogens with zero attached hydrogens (tertiary/aromatic N) is 1. The molecule has 2 nitrogen and oxygen atoms in total. The van der Waals surface area contributed by atoms with Crippen LogP contribution in [0.15, 0.2) is 0 Å². The van der Waals surface area contributed by atoms with E-state index in [-0.39, 0.29) is 11.5 Å². The third kappa shape index (κ3) is 1.04. The van der Waals surface area contributed by atoms with E-state index < -0.39 is 0 Å². The molecule has 0 bridgehead atoms. The summed E-state index contributed by atoms with van der Waals surface area (Å²) in [6, 6.07) is 2.43. The van der Waals surface area contributed by atoms with Gasteiger partial charge in [0.2, 0.25) is 0 Å². The van der Waals surface area contributed by atoms with E-state index >= 15 is 0 Å². The Balaban J connectivity index is 2.03. The summed E-state index contributed by atoms with van der Waals surface area (Å²) in [5, 5.41) is 9.00. The lowest BCUT2D eigenvalue weighted by atomic mass is 9.75. The topological polar surface area (TPSA) is 33.0 Å². The van der Waals surface area contributed by atoms with Crippen molar-refractivity contribution in [3.05, 3.63) is 0 Å². The molecule has 0 aromatic rings. The van der Waals surface area contributed by atoms with Gasteiger partial charge in [-0.2, -0.15) is 5.26 Å². The van der Waals surface area contributed by atoms with Gasteiger partial charge in [0.15, 0.2) is 0 Å². The molecule has 2 aliphatic rings. The fourth-order valence-electron chi connectivity index (χ4n) is 2.21. The van der Waals surface area contributed by atoms with Crippen LogP contribution in [0.4, 0.5) is 0 Å². The SMILES string of the molecule is COC(C1CCC1)C1(C#N)CC1. The van der Waals surface area contributed by atoms with Crippen molar-refractivity contribution < 1.29 is 4.74 Å². The normalized spacial score (nSPS) is 28.7. The minimum absolute atomic E-state index is 0.0835. The lowest BCUT2D eigenvalue weighted by molar-refractivity contribution is -0.0151. The fraction of sp³-hybridized carbons (Fsp3) is 0.900. The summed E-state index contributed by atoms with van der Waals surface area (Å²) in [6.45, 7) is 0. The molecule has 0 spiro atoms. The first-order valence-corrected chi connectivity index (χ1v) is 4.76. The molecule has 2 rings (SSSR count). The lowest BCUT2D eigenvalue weighted by Crippen LogP contribution is -2.35. The predicted octanol–water partition coefficient (Wildman–Crippen LogP) is 2.11. The van der Waals surface area contributed by atoms with Gasteiger partial charge in [0.25, 0.3) is 0 Å². The number of methoxy groups -OCH3 is 1. The van der Waals surface area contributed by atoms with Crippen molar-refractivity contribution in [2.45, 2.75) is 38.2 Å². The second-order valence-electron chi connectivity index (χ2n) is 4.12. The molecule has 0 heterocycles. The third-order valence-corrected chi connectivity index (χ3v) is 3.39. The van der Waals surface area contributed by atoms with E-state index in [2.05, 4.69) is 6.07 Å². The molecule has 1 atom stereocenters. The number of hydrogen-bond donors (Lipinski definition) is 0. The molecule has 0 aromatic carbocycles. The molecule has 1 unspecified atom stereocenters. The van der Waals surface area contributed by atoms with Crippen molar-refractivity contribution in [1.29, 1.82) is 5.26 Å². The van der Waals surface area contributed by atoms with Crippen LogP contribution in [0, 0.1) is 22.7 Å². The van der Waals surface area contributed by atoms with Crippen molar-refractivity contribution >= 4 is 0 Å². The zero-order chi connectivity index (χ0) is 8.60. The molecule has 66 valence electrons. The van der Waals surface area contributed by atoms with Crippen LogP contribution in [0.3, 0.4) is 0 Å². The Morgan fingerprint density at radius 2 is 2.17 bits per heavy atom. The first-order valence-electron chi connectivity index (χ1n) is 4.76. The number of ether oxygens (including phenoxy) is 1. The second-order valence-corrected chi connectivity index (χ2v) is 4.12. The van der Waals surface area contributed by atoms with Gasteiger partial charge in [0.05, 0.1) is 17.6 Å². The molecule has 2 aliphatic carbocycles. The predicted molar refractivity (Wildman–Crippen MR) is 45.4 cm³/mol. The van der Waals surface area contributed by atoms with E-state index in [9.17, 15) is 0 Å². The van der Waals surface area contributed by atoms with Crippen LogP contribution < -0.4 is 0 Å². The average Bonchev–Trinajstić information content (AvgIpc) is 2.76. The van der Waals surface area contributed by atoms with Gasteiger partial charge in [-0.25, -0.2) is 0 Å². The summed E-state index contributed by atoms with van der Waals surface area (Å²) in [7, 11) is 1.75. The van der Waals surface area contributed by atoms with Gasteiger partial charge in [0.1, 0.15) is 0 Å². The monoisotopic (exact) mass is 165 g/mol.